The fourth-order valence-electron chi connectivity index (χ4n) is 5.30. The maximum Gasteiger partial charge on any atom is 0.407 e. The van der Waals surface area contributed by atoms with Crippen molar-refractivity contribution in [1.29, 1.82) is 0 Å². The van der Waals surface area contributed by atoms with Gasteiger partial charge in [-0.15, -0.1) is 11.8 Å². The molecule has 0 aliphatic rings. The zero-order valence-corrected chi connectivity index (χ0v) is 26.3. The summed E-state index contributed by atoms with van der Waals surface area (Å²) in [4.78, 5) is 30.9. The van der Waals surface area contributed by atoms with E-state index < -0.39 is 11.7 Å². The maximum absolute atomic E-state index is 13.7. The second-order valence-electron chi connectivity index (χ2n) is 11.9. The van der Waals surface area contributed by atoms with Crippen molar-refractivity contribution in [1.82, 2.24) is 15.6 Å². The molecule has 0 aliphatic carbocycles. The molecule has 2 amide bonds. The summed E-state index contributed by atoms with van der Waals surface area (Å²) in [5.74, 6) is 0.478. The first kappa shape index (κ1) is 31.1. The highest BCUT2D eigenvalue weighted by atomic mass is 32.2. The van der Waals surface area contributed by atoms with Crippen molar-refractivity contribution in [3.8, 4) is 0 Å². The van der Waals surface area contributed by atoms with Gasteiger partial charge in [0.25, 0.3) is 0 Å². The van der Waals surface area contributed by atoms with Gasteiger partial charge in [0, 0.05) is 30.7 Å². The van der Waals surface area contributed by atoms with Gasteiger partial charge in [-0.05, 0) is 77.9 Å². The van der Waals surface area contributed by atoms with Crippen LogP contribution in [-0.4, -0.2) is 39.6 Å². The summed E-state index contributed by atoms with van der Waals surface area (Å²) in [5, 5.41) is 10.4. The minimum Gasteiger partial charge on any atom is -0.444 e. The zero-order valence-electron chi connectivity index (χ0n) is 25.5. The number of rotatable bonds is 11. The second kappa shape index (κ2) is 14.4. The number of thioether (sulfide) groups is 1. The van der Waals surface area contributed by atoms with E-state index in [0.29, 0.717) is 25.1 Å². The summed E-state index contributed by atoms with van der Waals surface area (Å²) in [5.41, 5.74) is 2.57. The van der Waals surface area contributed by atoms with Crippen molar-refractivity contribution in [2.45, 2.75) is 57.1 Å². The van der Waals surface area contributed by atoms with Gasteiger partial charge >= 0.3 is 6.09 Å². The number of nitrogens with zero attached hydrogens (tertiary/aromatic N) is 1. The zero-order chi connectivity index (χ0) is 30.9. The monoisotopic (exact) mass is 605 g/mol. The number of ether oxygens (including phenoxy) is 1. The third kappa shape index (κ3) is 8.60. The van der Waals surface area contributed by atoms with Crippen LogP contribution < -0.4 is 10.6 Å². The Bertz CT molecular complexity index is 1710. The van der Waals surface area contributed by atoms with Crippen molar-refractivity contribution < 1.29 is 14.3 Å². The molecule has 0 saturated carbocycles. The Morgan fingerprint density at radius 2 is 1.41 bits per heavy atom. The average Bonchev–Trinajstić information content (AvgIpc) is 3.01. The van der Waals surface area contributed by atoms with Crippen LogP contribution in [0, 0.1) is 0 Å². The normalized spacial score (nSPS) is 12.9. The topological polar surface area (TPSA) is 80.3 Å². The lowest BCUT2D eigenvalue weighted by Gasteiger charge is -2.25. The van der Waals surface area contributed by atoms with E-state index in [-0.39, 0.29) is 17.2 Å². The Morgan fingerprint density at radius 1 is 0.795 bits per heavy atom. The molecule has 1 aromatic heterocycles. The van der Waals surface area contributed by atoms with Crippen molar-refractivity contribution in [2.24, 2.45) is 0 Å². The molecular formula is C37H39N3O3S. The predicted molar refractivity (Wildman–Crippen MR) is 181 cm³/mol. The van der Waals surface area contributed by atoms with Crippen LogP contribution in [0.4, 0.5) is 4.79 Å². The number of alkyl carbamates (subject to hydrolysis) is 1. The van der Waals surface area contributed by atoms with E-state index in [1.54, 1.807) is 24.2 Å². The molecule has 0 fully saturated rings. The Morgan fingerprint density at radius 3 is 2.02 bits per heavy atom. The minimum absolute atomic E-state index is 0.0482. The largest absolute Gasteiger partial charge is 0.444 e. The quantitative estimate of drug-likeness (QED) is 0.163. The van der Waals surface area contributed by atoms with Crippen LogP contribution in [-0.2, 0) is 28.9 Å². The number of hydrogen-bond donors (Lipinski definition) is 2. The molecule has 5 aromatic rings. The van der Waals surface area contributed by atoms with Gasteiger partial charge in [-0.1, -0.05) is 91.0 Å². The standard InChI is InChI=1S/C37H39N3O3S/c1-37(2,3)43-36(42)40-31(21-29-16-8-14-27-12-4-6-18-32(27)29)25-44-34(35(41)39-24-26-11-10-20-38-23-26)22-30-17-9-15-28-13-5-7-19-33(28)30/h4-20,23,31,34H,21-22,24-25H2,1-3H3,(H,39,41)(H,40,42). The highest BCUT2D eigenvalue weighted by Crippen LogP contribution is 2.26. The smallest absolute Gasteiger partial charge is 0.407 e. The SMILES string of the molecule is CC(C)(C)OC(=O)NC(CSC(Cc1cccc2ccccc12)C(=O)NCc1cccnc1)Cc1cccc2ccccc12. The van der Waals surface area contributed by atoms with Crippen LogP contribution in [0.5, 0.6) is 0 Å². The van der Waals surface area contributed by atoms with E-state index in [9.17, 15) is 9.59 Å². The molecule has 0 radical (unpaired) electrons. The van der Waals surface area contributed by atoms with Crippen LogP contribution >= 0.6 is 11.8 Å². The van der Waals surface area contributed by atoms with E-state index in [1.165, 1.54) is 0 Å². The molecule has 5 rings (SSSR count). The molecule has 0 aliphatic heterocycles. The van der Waals surface area contributed by atoms with Crippen LogP contribution in [0.15, 0.2) is 109 Å². The molecule has 44 heavy (non-hydrogen) atoms. The van der Waals surface area contributed by atoms with Gasteiger partial charge in [0.15, 0.2) is 0 Å². The molecule has 2 N–H and O–H groups in total. The molecule has 1 heterocycles. The molecule has 0 bridgehead atoms. The first-order valence-corrected chi connectivity index (χ1v) is 16.0. The maximum atomic E-state index is 13.7. The number of carbonyl (C=O) groups excluding carboxylic acids is 2. The van der Waals surface area contributed by atoms with E-state index in [0.717, 1.165) is 38.2 Å². The van der Waals surface area contributed by atoms with Crippen LogP contribution in [0.2, 0.25) is 0 Å². The Balaban J connectivity index is 1.39. The highest BCUT2D eigenvalue weighted by Gasteiger charge is 2.25. The molecule has 4 aromatic carbocycles. The molecule has 0 spiro atoms. The molecule has 2 unspecified atom stereocenters. The van der Waals surface area contributed by atoms with Crippen molar-refractivity contribution in [3.63, 3.8) is 0 Å². The number of carbonyl (C=O) groups is 2. The highest BCUT2D eigenvalue weighted by molar-refractivity contribution is 8.00. The predicted octanol–water partition coefficient (Wildman–Crippen LogP) is 7.48. The third-order valence-corrected chi connectivity index (χ3v) is 8.71. The number of amides is 2. The number of aromatic nitrogens is 1. The molecular weight excluding hydrogens is 566 g/mol. The van der Waals surface area contributed by atoms with Crippen molar-refractivity contribution >= 4 is 45.3 Å². The first-order valence-electron chi connectivity index (χ1n) is 15.0. The lowest BCUT2D eigenvalue weighted by molar-refractivity contribution is -0.120. The summed E-state index contributed by atoms with van der Waals surface area (Å²) < 4.78 is 5.63. The Hall–Kier alpha value is -4.36. The molecule has 2 atom stereocenters. The van der Waals surface area contributed by atoms with Gasteiger partial charge in [0.05, 0.1) is 5.25 Å². The summed E-state index contributed by atoms with van der Waals surface area (Å²) in [7, 11) is 0. The second-order valence-corrected chi connectivity index (χ2v) is 13.2. The molecule has 226 valence electrons. The summed E-state index contributed by atoms with van der Waals surface area (Å²) in [6.45, 7) is 5.96. The average molecular weight is 606 g/mol. The summed E-state index contributed by atoms with van der Waals surface area (Å²) in [6.07, 6.45) is 4.18. The lowest BCUT2D eigenvalue weighted by atomic mass is 9.99. The van der Waals surface area contributed by atoms with E-state index in [4.69, 9.17) is 4.74 Å². The van der Waals surface area contributed by atoms with Gasteiger partial charge in [0.1, 0.15) is 5.60 Å². The minimum atomic E-state index is -0.621. The number of nitrogens with one attached hydrogen (secondary N) is 2. The fourth-order valence-corrected chi connectivity index (χ4v) is 6.50. The van der Waals surface area contributed by atoms with Gasteiger partial charge < -0.3 is 15.4 Å². The summed E-state index contributed by atoms with van der Waals surface area (Å²) in [6, 6.07) is 32.5. The van der Waals surface area contributed by atoms with Crippen molar-refractivity contribution in [2.75, 3.05) is 5.75 Å². The molecule has 7 heteroatoms. The third-order valence-electron chi connectivity index (χ3n) is 7.33. The van der Waals surface area contributed by atoms with E-state index in [1.807, 2.05) is 69.3 Å². The van der Waals surface area contributed by atoms with Crippen LogP contribution in [0.1, 0.15) is 37.5 Å². The molecule has 0 saturated heterocycles. The van der Waals surface area contributed by atoms with Gasteiger partial charge in [-0.2, -0.15) is 0 Å². The fraction of sp³-hybridized carbons (Fsp3) is 0.270. The van der Waals surface area contributed by atoms with Gasteiger partial charge in [-0.25, -0.2) is 4.79 Å². The Labute approximate surface area is 263 Å². The number of fused-ring (bicyclic) bond motifs is 2. The van der Waals surface area contributed by atoms with Gasteiger partial charge in [0.2, 0.25) is 5.91 Å². The molecule has 6 nitrogen and oxygen atoms in total. The van der Waals surface area contributed by atoms with Crippen molar-refractivity contribution in [3.05, 3.63) is 126 Å². The van der Waals surface area contributed by atoms with Gasteiger partial charge in [-0.3, -0.25) is 9.78 Å². The van der Waals surface area contributed by atoms with E-state index >= 15 is 0 Å². The van der Waals surface area contributed by atoms with Crippen LogP contribution in [0.3, 0.4) is 0 Å². The number of benzene rings is 4. The Kier molecular flexibility index (Phi) is 10.2. The van der Waals surface area contributed by atoms with Crippen LogP contribution in [0.25, 0.3) is 21.5 Å². The van der Waals surface area contributed by atoms with E-state index in [2.05, 4.69) is 64.1 Å². The summed E-state index contributed by atoms with van der Waals surface area (Å²) >= 11 is 1.56. The number of hydrogen-bond acceptors (Lipinski definition) is 5. The first-order chi connectivity index (χ1) is 21.2. The number of pyridine rings is 1. The lowest BCUT2D eigenvalue weighted by Crippen LogP contribution is -2.42.